The van der Waals surface area contributed by atoms with E-state index in [1.807, 2.05) is 32.0 Å². The highest BCUT2D eigenvalue weighted by atomic mass is 16.5. The van der Waals surface area contributed by atoms with Crippen LogP contribution in [0.5, 0.6) is 5.88 Å². The third kappa shape index (κ3) is 3.86. The van der Waals surface area contributed by atoms with Crippen LogP contribution in [0.2, 0.25) is 0 Å². The molecule has 0 saturated heterocycles. The van der Waals surface area contributed by atoms with Crippen molar-refractivity contribution in [2.75, 3.05) is 6.61 Å². The molecule has 1 N–H and O–H groups in total. The summed E-state index contributed by atoms with van der Waals surface area (Å²) >= 11 is 0. The summed E-state index contributed by atoms with van der Waals surface area (Å²) in [4.78, 5) is 21.0. The number of hydrogen-bond acceptors (Lipinski definition) is 4. The number of rotatable bonds is 5. The highest BCUT2D eigenvalue weighted by molar-refractivity contribution is 5.94. The molecule has 1 aliphatic carbocycles. The molecule has 0 unspecified atom stereocenters. The Morgan fingerprint density at radius 2 is 2.17 bits per heavy atom. The van der Waals surface area contributed by atoms with Gasteiger partial charge in [-0.05, 0) is 50.8 Å². The number of nitrogens with zero attached hydrogens (tertiary/aromatic N) is 2. The molecular weight excluding hydrogens is 290 g/mol. The molecule has 2 aromatic rings. The van der Waals surface area contributed by atoms with Gasteiger partial charge in [-0.3, -0.25) is 9.78 Å². The van der Waals surface area contributed by atoms with Crippen LogP contribution in [0.4, 0.5) is 0 Å². The number of ether oxygens (including phenoxy) is 1. The second-order valence-electron chi connectivity index (χ2n) is 6.48. The van der Waals surface area contributed by atoms with Crippen molar-refractivity contribution in [3.63, 3.8) is 0 Å². The molecule has 2 heterocycles. The minimum absolute atomic E-state index is 0.123. The van der Waals surface area contributed by atoms with Gasteiger partial charge in [0.05, 0.1) is 11.1 Å². The van der Waals surface area contributed by atoms with Crippen molar-refractivity contribution in [1.29, 1.82) is 0 Å². The van der Waals surface area contributed by atoms with Crippen LogP contribution in [-0.2, 0) is 12.8 Å². The zero-order valence-corrected chi connectivity index (χ0v) is 13.5. The van der Waals surface area contributed by atoms with Gasteiger partial charge in [0.1, 0.15) is 6.61 Å². The quantitative estimate of drug-likeness (QED) is 0.921. The normalized spacial score (nSPS) is 13.5. The van der Waals surface area contributed by atoms with Gasteiger partial charge in [0.15, 0.2) is 0 Å². The largest absolute Gasteiger partial charge is 0.475 e. The Labute approximate surface area is 136 Å². The molecule has 0 bridgehead atoms. The van der Waals surface area contributed by atoms with E-state index in [9.17, 15) is 4.79 Å². The number of pyridine rings is 2. The minimum Gasteiger partial charge on any atom is -0.475 e. The van der Waals surface area contributed by atoms with Crippen molar-refractivity contribution in [2.24, 2.45) is 0 Å². The number of carbonyl (C=O) groups excluding carboxylic acids is 1. The van der Waals surface area contributed by atoms with E-state index in [2.05, 4.69) is 15.3 Å². The molecule has 0 radical (unpaired) electrons. The molecule has 0 spiro atoms. The van der Waals surface area contributed by atoms with Gasteiger partial charge in [-0.25, -0.2) is 4.98 Å². The molecule has 5 nitrogen and oxygen atoms in total. The summed E-state index contributed by atoms with van der Waals surface area (Å²) < 4.78 is 5.64. The maximum Gasteiger partial charge on any atom is 0.253 e. The van der Waals surface area contributed by atoms with Crippen LogP contribution in [-0.4, -0.2) is 28.0 Å². The van der Waals surface area contributed by atoms with Gasteiger partial charge in [0.2, 0.25) is 5.88 Å². The van der Waals surface area contributed by atoms with Crippen molar-refractivity contribution in [3.8, 4) is 5.88 Å². The SMILES string of the molecule is CC(C)(COc1ccccn1)NC(=O)c1cnc2c(c1)CCC2. The zero-order chi connectivity index (χ0) is 16.3. The summed E-state index contributed by atoms with van der Waals surface area (Å²) in [6.45, 7) is 4.19. The molecule has 0 aliphatic heterocycles. The number of carbonyl (C=O) groups is 1. The number of aryl methyl sites for hydroxylation is 2. The molecule has 120 valence electrons. The van der Waals surface area contributed by atoms with Crippen LogP contribution in [0.3, 0.4) is 0 Å². The van der Waals surface area contributed by atoms with E-state index in [-0.39, 0.29) is 5.91 Å². The molecule has 23 heavy (non-hydrogen) atoms. The van der Waals surface area contributed by atoms with E-state index in [0.717, 1.165) is 25.0 Å². The molecule has 1 aliphatic rings. The topological polar surface area (TPSA) is 64.1 Å². The van der Waals surface area contributed by atoms with Gasteiger partial charge in [-0.2, -0.15) is 0 Å². The van der Waals surface area contributed by atoms with Crippen molar-refractivity contribution in [3.05, 3.63) is 53.5 Å². The first-order valence-electron chi connectivity index (χ1n) is 7.88. The van der Waals surface area contributed by atoms with Crippen LogP contribution in [0.25, 0.3) is 0 Å². The zero-order valence-electron chi connectivity index (χ0n) is 13.5. The van der Waals surface area contributed by atoms with Crippen LogP contribution in [0.15, 0.2) is 36.7 Å². The van der Waals surface area contributed by atoms with Crippen LogP contribution >= 0.6 is 0 Å². The van der Waals surface area contributed by atoms with Gasteiger partial charge in [-0.15, -0.1) is 0 Å². The Balaban J connectivity index is 1.61. The van der Waals surface area contributed by atoms with Gasteiger partial charge >= 0.3 is 0 Å². The Bertz CT molecular complexity index is 699. The van der Waals surface area contributed by atoms with Gasteiger partial charge in [0.25, 0.3) is 5.91 Å². The Hall–Kier alpha value is -2.43. The predicted octanol–water partition coefficient (Wildman–Crippen LogP) is 2.55. The van der Waals surface area contributed by atoms with E-state index in [0.29, 0.717) is 18.1 Å². The maximum atomic E-state index is 12.4. The van der Waals surface area contributed by atoms with Crippen LogP contribution in [0, 0.1) is 0 Å². The first-order chi connectivity index (χ1) is 11.0. The lowest BCUT2D eigenvalue weighted by molar-refractivity contribution is 0.0878. The average Bonchev–Trinajstić information content (AvgIpc) is 3.01. The Morgan fingerprint density at radius 3 is 2.96 bits per heavy atom. The van der Waals surface area contributed by atoms with Crippen LogP contribution < -0.4 is 10.1 Å². The van der Waals surface area contributed by atoms with E-state index in [4.69, 9.17) is 4.74 Å². The average molecular weight is 311 g/mol. The van der Waals surface area contributed by atoms with Gasteiger partial charge < -0.3 is 10.1 Å². The first-order valence-corrected chi connectivity index (χ1v) is 7.88. The first kappa shape index (κ1) is 15.5. The lowest BCUT2D eigenvalue weighted by Crippen LogP contribution is -2.48. The van der Waals surface area contributed by atoms with Crippen molar-refractivity contribution < 1.29 is 9.53 Å². The van der Waals surface area contributed by atoms with Crippen molar-refractivity contribution in [1.82, 2.24) is 15.3 Å². The molecule has 0 saturated carbocycles. The van der Waals surface area contributed by atoms with Crippen molar-refractivity contribution >= 4 is 5.91 Å². The second-order valence-corrected chi connectivity index (χ2v) is 6.48. The second kappa shape index (κ2) is 6.36. The van der Waals surface area contributed by atoms with Gasteiger partial charge in [0, 0.05) is 24.2 Å². The number of hydrogen-bond donors (Lipinski definition) is 1. The molecule has 1 amide bonds. The lowest BCUT2D eigenvalue weighted by atomic mass is 10.1. The smallest absolute Gasteiger partial charge is 0.253 e. The third-order valence-corrected chi connectivity index (χ3v) is 3.85. The molecular formula is C18H21N3O2. The molecule has 5 heteroatoms. The minimum atomic E-state index is -0.506. The molecule has 0 aromatic carbocycles. The summed E-state index contributed by atoms with van der Waals surface area (Å²) in [5.41, 5.74) is 2.42. The molecule has 0 atom stereocenters. The predicted molar refractivity (Wildman–Crippen MR) is 87.5 cm³/mol. The summed E-state index contributed by atoms with van der Waals surface area (Å²) in [5.74, 6) is 0.427. The Morgan fingerprint density at radius 1 is 1.30 bits per heavy atom. The summed E-state index contributed by atoms with van der Waals surface area (Å²) in [7, 11) is 0. The monoisotopic (exact) mass is 311 g/mol. The molecule has 2 aromatic heterocycles. The molecule has 3 rings (SSSR count). The summed E-state index contributed by atoms with van der Waals surface area (Å²) in [6.07, 6.45) is 6.49. The maximum absolute atomic E-state index is 12.4. The highest BCUT2D eigenvalue weighted by Crippen LogP contribution is 2.20. The fourth-order valence-electron chi connectivity index (χ4n) is 2.65. The van der Waals surface area contributed by atoms with Gasteiger partial charge in [-0.1, -0.05) is 6.07 Å². The number of fused-ring (bicyclic) bond motifs is 1. The fourth-order valence-corrected chi connectivity index (χ4v) is 2.65. The van der Waals surface area contributed by atoms with E-state index < -0.39 is 5.54 Å². The number of aromatic nitrogens is 2. The van der Waals surface area contributed by atoms with E-state index in [1.165, 1.54) is 5.56 Å². The lowest BCUT2D eigenvalue weighted by Gasteiger charge is -2.26. The standard InChI is InChI=1S/C18H21N3O2/c1-18(2,12-23-16-8-3-4-9-19-16)21-17(22)14-10-13-6-5-7-15(13)20-11-14/h3-4,8-11H,5-7,12H2,1-2H3,(H,21,22). The fraction of sp³-hybridized carbons (Fsp3) is 0.389. The van der Waals surface area contributed by atoms with Crippen LogP contribution in [0.1, 0.15) is 41.9 Å². The summed E-state index contributed by atoms with van der Waals surface area (Å²) in [6, 6.07) is 7.45. The van der Waals surface area contributed by atoms with E-state index >= 15 is 0 Å². The van der Waals surface area contributed by atoms with Crippen molar-refractivity contribution in [2.45, 2.75) is 38.6 Å². The highest BCUT2D eigenvalue weighted by Gasteiger charge is 2.23. The Kier molecular flexibility index (Phi) is 4.28. The number of nitrogens with one attached hydrogen (secondary N) is 1. The number of amides is 1. The summed E-state index contributed by atoms with van der Waals surface area (Å²) in [5, 5.41) is 3.00. The third-order valence-electron chi connectivity index (χ3n) is 3.85. The van der Waals surface area contributed by atoms with E-state index in [1.54, 1.807) is 18.5 Å². The molecule has 0 fully saturated rings.